The van der Waals surface area contributed by atoms with Gasteiger partial charge in [-0.1, -0.05) is 30.3 Å². The van der Waals surface area contributed by atoms with E-state index < -0.39 is 47.4 Å². The van der Waals surface area contributed by atoms with Crippen LogP contribution in [0, 0.1) is 5.92 Å². The molecule has 0 bridgehead atoms. The summed E-state index contributed by atoms with van der Waals surface area (Å²) in [7, 11) is 0. The molecule has 3 atom stereocenters. The normalized spacial score (nSPS) is 20.3. The SMILES string of the molecule is CC(C)(C)OC(=O)/N=C(\NC(=O)OC(C)(C)C)N1CCC([C@H](NC(=O)[C@@H]2CC[C@H]3C(=O)N(CCCc4ccccc4)CC(=O)N23)C(=O)c2nccs2)CC1. The minimum absolute atomic E-state index is 0.0526. The van der Waals surface area contributed by atoms with Gasteiger partial charge in [-0.3, -0.25) is 24.5 Å². The van der Waals surface area contributed by atoms with E-state index in [2.05, 4.69) is 20.6 Å². The minimum Gasteiger partial charge on any atom is -0.444 e. The summed E-state index contributed by atoms with van der Waals surface area (Å²) < 4.78 is 10.8. The zero-order valence-electron chi connectivity index (χ0n) is 31.8. The van der Waals surface area contributed by atoms with Crippen molar-refractivity contribution in [2.24, 2.45) is 10.9 Å². The van der Waals surface area contributed by atoms with Crippen LogP contribution in [0.1, 0.15) is 89.0 Å². The van der Waals surface area contributed by atoms with Crippen LogP contribution in [0.2, 0.25) is 0 Å². The summed E-state index contributed by atoms with van der Waals surface area (Å²) >= 11 is 1.17. The summed E-state index contributed by atoms with van der Waals surface area (Å²) in [4.78, 5) is 93.3. The molecule has 2 aromatic rings. The number of hydrogen-bond acceptors (Lipinski definition) is 10. The maximum atomic E-state index is 14.0. The Hall–Kier alpha value is -4.86. The van der Waals surface area contributed by atoms with Crippen molar-refractivity contribution in [3.8, 4) is 0 Å². The fourth-order valence-corrected chi connectivity index (χ4v) is 7.63. The first-order chi connectivity index (χ1) is 25.5. The van der Waals surface area contributed by atoms with E-state index in [1.807, 2.05) is 30.3 Å². The van der Waals surface area contributed by atoms with Crippen LogP contribution in [-0.2, 0) is 30.3 Å². The summed E-state index contributed by atoms with van der Waals surface area (Å²) in [5, 5.41) is 7.45. The molecule has 2 N–H and O–H groups in total. The Kier molecular flexibility index (Phi) is 12.8. The van der Waals surface area contributed by atoms with Crippen molar-refractivity contribution in [3.63, 3.8) is 0 Å². The molecule has 16 heteroatoms. The molecule has 5 amide bonds. The molecule has 1 aromatic heterocycles. The van der Waals surface area contributed by atoms with Crippen LogP contribution in [0.25, 0.3) is 0 Å². The number of carbonyl (C=O) groups excluding carboxylic acids is 6. The molecule has 3 aliphatic heterocycles. The largest absolute Gasteiger partial charge is 0.444 e. The summed E-state index contributed by atoms with van der Waals surface area (Å²) in [5.41, 5.74) is -0.463. The molecular weight excluding hydrogens is 715 g/mol. The Labute approximate surface area is 319 Å². The third-order valence-electron chi connectivity index (χ3n) is 9.37. The molecule has 5 rings (SSSR count). The molecular formula is C38H51N7O8S. The van der Waals surface area contributed by atoms with Crippen LogP contribution in [0.3, 0.4) is 0 Å². The van der Waals surface area contributed by atoms with Crippen LogP contribution >= 0.6 is 11.3 Å². The van der Waals surface area contributed by atoms with E-state index in [9.17, 15) is 28.8 Å². The third kappa shape index (κ3) is 10.6. The van der Waals surface area contributed by atoms with Crippen LogP contribution in [-0.4, -0.2) is 117 Å². The molecule has 0 aliphatic carbocycles. The van der Waals surface area contributed by atoms with Gasteiger partial charge in [0, 0.05) is 31.2 Å². The summed E-state index contributed by atoms with van der Waals surface area (Å²) in [6.07, 6.45) is 2.72. The Morgan fingerprint density at radius 1 is 0.963 bits per heavy atom. The van der Waals surface area contributed by atoms with Gasteiger partial charge in [0.2, 0.25) is 29.5 Å². The van der Waals surface area contributed by atoms with Crippen molar-refractivity contribution in [3.05, 3.63) is 52.5 Å². The number of guanidine groups is 1. The van der Waals surface area contributed by atoms with Crippen molar-refractivity contribution in [2.45, 2.75) is 109 Å². The number of fused-ring (bicyclic) bond motifs is 1. The highest BCUT2D eigenvalue weighted by Crippen LogP contribution is 2.31. The Morgan fingerprint density at radius 2 is 1.65 bits per heavy atom. The molecule has 3 fully saturated rings. The number of amides is 5. The Bertz CT molecular complexity index is 1710. The number of carbonyl (C=O) groups is 6. The maximum absolute atomic E-state index is 14.0. The molecule has 4 heterocycles. The van der Waals surface area contributed by atoms with Crippen molar-refractivity contribution in [1.29, 1.82) is 0 Å². The summed E-state index contributed by atoms with van der Waals surface area (Å²) in [6.45, 7) is 11.1. The van der Waals surface area contributed by atoms with Gasteiger partial charge in [0.15, 0.2) is 5.01 Å². The number of benzene rings is 1. The van der Waals surface area contributed by atoms with E-state index >= 15 is 0 Å². The maximum Gasteiger partial charge on any atom is 0.437 e. The lowest BCUT2D eigenvalue weighted by Gasteiger charge is -2.40. The molecule has 54 heavy (non-hydrogen) atoms. The molecule has 3 saturated heterocycles. The average Bonchev–Trinajstić information content (AvgIpc) is 3.80. The van der Waals surface area contributed by atoms with Gasteiger partial charge in [-0.2, -0.15) is 0 Å². The van der Waals surface area contributed by atoms with E-state index in [1.165, 1.54) is 22.4 Å². The van der Waals surface area contributed by atoms with E-state index in [-0.39, 0.29) is 54.1 Å². The molecule has 292 valence electrons. The van der Waals surface area contributed by atoms with Gasteiger partial charge in [-0.15, -0.1) is 16.3 Å². The number of rotatable bonds is 9. The van der Waals surface area contributed by atoms with Crippen LogP contribution < -0.4 is 10.6 Å². The zero-order valence-corrected chi connectivity index (χ0v) is 32.6. The highest BCUT2D eigenvalue weighted by molar-refractivity contribution is 7.11. The third-order valence-corrected chi connectivity index (χ3v) is 10.2. The number of likely N-dealkylation sites (tertiary alicyclic amines) is 1. The second kappa shape index (κ2) is 17.1. The molecule has 0 radical (unpaired) electrons. The molecule has 15 nitrogen and oxygen atoms in total. The number of ketones is 1. The lowest BCUT2D eigenvalue weighted by molar-refractivity contribution is -0.157. The first kappa shape index (κ1) is 40.3. The summed E-state index contributed by atoms with van der Waals surface area (Å²) in [6, 6.07) is 7.36. The van der Waals surface area contributed by atoms with Gasteiger partial charge in [-0.05, 0) is 91.5 Å². The first-order valence-corrected chi connectivity index (χ1v) is 19.3. The molecule has 1 aromatic carbocycles. The van der Waals surface area contributed by atoms with Crippen LogP contribution in [0.5, 0.6) is 0 Å². The van der Waals surface area contributed by atoms with Gasteiger partial charge >= 0.3 is 12.2 Å². The number of nitrogens with zero attached hydrogens (tertiary/aromatic N) is 5. The van der Waals surface area contributed by atoms with Crippen molar-refractivity contribution in [1.82, 2.24) is 30.3 Å². The van der Waals surface area contributed by atoms with Crippen LogP contribution in [0.4, 0.5) is 9.59 Å². The van der Waals surface area contributed by atoms with Gasteiger partial charge in [0.05, 0.1) is 12.6 Å². The molecule has 0 spiro atoms. The fraction of sp³-hybridized carbons (Fsp3) is 0.579. The standard InChI is InChI=1S/C38H51N7O8S/c1-37(2,3)52-35(50)41-34(42-36(51)53-38(4,5)6)43-20-16-25(17-21-43)29(30(47)32-39-18-22-54-32)40-31(48)26-14-15-27-33(49)44(23-28(46)45(26)27)19-10-13-24-11-8-7-9-12-24/h7-9,11-12,18,22,25-27,29H,10,13-17,19-21,23H2,1-6H3,(H,40,48)(H,41,42,50,51)/t26-,27-,29-/m0/s1. The van der Waals surface area contributed by atoms with E-state index in [1.54, 1.807) is 56.7 Å². The lowest BCUT2D eigenvalue weighted by Crippen LogP contribution is -2.62. The monoisotopic (exact) mass is 765 g/mol. The number of piperazine rings is 1. The highest BCUT2D eigenvalue weighted by atomic mass is 32.1. The number of Topliss-reactive ketones (excluding diaryl/α,β-unsaturated/α-hetero) is 1. The number of ether oxygens (including phenoxy) is 2. The van der Waals surface area contributed by atoms with E-state index in [0.717, 1.165) is 12.0 Å². The predicted octanol–water partition coefficient (Wildman–Crippen LogP) is 4.17. The number of aromatic nitrogens is 1. The number of aliphatic imine (C=N–C) groups is 1. The van der Waals surface area contributed by atoms with Gasteiger partial charge in [0.25, 0.3) is 0 Å². The van der Waals surface area contributed by atoms with Crippen molar-refractivity contribution < 1.29 is 38.2 Å². The summed E-state index contributed by atoms with van der Waals surface area (Å²) in [5.74, 6) is -1.71. The smallest absolute Gasteiger partial charge is 0.437 e. The predicted molar refractivity (Wildman–Crippen MR) is 201 cm³/mol. The quantitative estimate of drug-likeness (QED) is 0.214. The van der Waals surface area contributed by atoms with Gasteiger partial charge < -0.3 is 29.5 Å². The van der Waals surface area contributed by atoms with E-state index in [4.69, 9.17) is 9.47 Å². The number of aryl methyl sites for hydroxylation is 1. The first-order valence-electron chi connectivity index (χ1n) is 18.4. The average molecular weight is 766 g/mol. The molecule has 0 unspecified atom stereocenters. The second-order valence-electron chi connectivity index (χ2n) is 15.8. The molecule has 3 aliphatic rings. The highest BCUT2D eigenvalue weighted by Gasteiger charge is 2.50. The number of nitrogens with one attached hydrogen (secondary N) is 2. The fourth-order valence-electron chi connectivity index (χ4n) is 7.01. The van der Waals surface area contributed by atoms with Gasteiger partial charge in [-0.25, -0.2) is 14.6 Å². The topological polar surface area (TPSA) is 180 Å². The van der Waals surface area contributed by atoms with Gasteiger partial charge in [0.1, 0.15) is 23.3 Å². The zero-order chi connectivity index (χ0) is 39.2. The lowest BCUT2D eigenvalue weighted by atomic mass is 9.86. The number of piperidine rings is 1. The molecule has 0 saturated carbocycles. The Balaban J connectivity index is 1.26. The Morgan fingerprint density at radius 3 is 2.28 bits per heavy atom. The van der Waals surface area contributed by atoms with Crippen LogP contribution in [0.15, 0.2) is 46.9 Å². The number of thiazole rings is 1. The van der Waals surface area contributed by atoms with E-state index in [0.29, 0.717) is 38.6 Å². The minimum atomic E-state index is -0.972. The van der Waals surface area contributed by atoms with Crippen molar-refractivity contribution >= 4 is 53.0 Å². The number of alkyl carbamates (subject to hydrolysis) is 1. The van der Waals surface area contributed by atoms with Crippen molar-refractivity contribution in [2.75, 3.05) is 26.2 Å². The second-order valence-corrected chi connectivity index (χ2v) is 16.7. The number of hydrogen-bond donors (Lipinski definition) is 2.